The Labute approximate surface area is 155 Å². The Hall–Kier alpha value is -2.51. The van der Waals surface area contributed by atoms with E-state index in [4.69, 9.17) is 0 Å². The van der Waals surface area contributed by atoms with Crippen LogP contribution < -0.4 is 4.90 Å². The molecule has 0 unspecified atom stereocenters. The van der Waals surface area contributed by atoms with E-state index < -0.39 is 23.5 Å². The van der Waals surface area contributed by atoms with Crippen molar-refractivity contribution in [1.82, 2.24) is 4.90 Å². The topological polar surface area (TPSA) is 62.1 Å². The first kappa shape index (κ1) is 18.3. The van der Waals surface area contributed by atoms with Gasteiger partial charge in [0.1, 0.15) is 5.82 Å². The molecular formula is C19H20FN2O3S+. The molecule has 0 bridgehead atoms. The van der Waals surface area contributed by atoms with E-state index in [1.54, 1.807) is 29.6 Å². The van der Waals surface area contributed by atoms with Crippen LogP contribution in [0.4, 0.5) is 4.39 Å². The van der Waals surface area contributed by atoms with Gasteiger partial charge in [0.25, 0.3) is 5.91 Å². The lowest BCUT2D eigenvalue weighted by molar-refractivity contribution is -0.857. The number of aliphatic hydroxyl groups is 1. The molecular weight excluding hydrogens is 355 g/mol. The van der Waals surface area contributed by atoms with E-state index in [9.17, 15) is 19.1 Å². The van der Waals surface area contributed by atoms with Gasteiger partial charge in [0.15, 0.2) is 5.76 Å². The van der Waals surface area contributed by atoms with Gasteiger partial charge in [-0.25, -0.2) is 4.39 Å². The van der Waals surface area contributed by atoms with Gasteiger partial charge in [-0.15, -0.1) is 11.3 Å². The lowest BCUT2D eigenvalue weighted by Crippen LogP contribution is -3.06. The summed E-state index contributed by atoms with van der Waals surface area (Å²) in [6, 6.07) is 8.34. The summed E-state index contributed by atoms with van der Waals surface area (Å²) in [6.07, 6.45) is 0. The number of amides is 1. The molecule has 1 aromatic heterocycles. The fourth-order valence-corrected chi connectivity index (χ4v) is 3.67. The highest BCUT2D eigenvalue weighted by Gasteiger charge is 2.44. The molecule has 2 aromatic rings. The van der Waals surface area contributed by atoms with Gasteiger partial charge in [-0.05, 0) is 29.1 Å². The molecule has 0 spiro atoms. The zero-order valence-corrected chi connectivity index (χ0v) is 15.3. The Bertz CT molecular complexity index is 844. The molecule has 0 radical (unpaired) electrons. The van der Waals surface area contributed by atoms with E-state index in [0.717, 1.165) is 4.90 Å². The summed E-state index contributed by atoms with van der Waals surface area (Å²) >= 11 is 1.25. The predicted octanol–water partition coefficient (Wildman–Crippen LogP) is 1.61. The van der Waals surface area contributed by atoms with Crippen molar-refractivity contribution in [3.63, 3.8) is 0 Å². The Balaban J connectivity index is 2.05. The summed E-state index contributed by atoms with van der Waals surface area (Å²) in [7, 11) is 3.91. The maximum absolute atomic E-state index is 13.3. The van der Waals surface area contributed by atoms with Crippen molar-refractivity contribution < 1.29 is 24.0 Å². The molecule has 1 aromatic carbocycles. The van der Waals surface area contributed by atoms with Crippen LogP contribution >= 0.6 is 11.3 Å². The van der Waals surface area contributed by atoms with Crippen molar-refractivity contribution in [2.24, 2.45) is 0 Å². The monoisotopic (exact) mass is 375 g/mol. The van der Waals surface area contributed by atoms with Crippen molar-refractivity contribution in [2.45, 2.75) is 6.04 Å². The number of carbonyl (C=O) groups is 2. The summed E-state index contributed by atoms with van der Waals surface area (Å²) in [6.45, 7) is 1.02. The van der Waals surface area contributed by atoms with Crippen LogP contribution in [0, 0.1) is 5.82 Å². The Morgan fingerprint density at radius 2 is 1.96 bits per heavy atom. The summed E-state index contributed by atoms with van der Waals surface area (Å²) in [5.74, 6) is -1.87. The normalized spacial score (nSPS) is 17.5. The zero-order chi connectivity index (χ0) is 18.8. The summed E-state index contributed by atoms with van der Waals surface area (Å²) in [5, 5.41) is 12.2. The van der Waals surface area contributed by atoms with E-state index >= 15 is 0 Å². The number of benzene rings is 1. The number of quaternary nitrogens is 1. The molecule has 3 rings (SSSR count). The molecule has 2 N–H and O–H groups in total. The highest BCUT2D eigenvalue weighted by atomic mass is 32.1. The van der Waals surface area contributed by atoms with E-state index in [2.05, 4.69) is 0 Å². The Morgan fingerprint density at radius 3 is 2.54 bits per heavy atom. The molecule has 136 valence electrons. The third kappa shape index (κ3) is 3.40. The van der Waals surface area contributed by atoms with Gasteiger partial charge in [-0.2, -0.15) is 0 Å². The third-order valence-corrected chi connectivity index (χ3v) is 5.20. The molecule has 2 heterocycles. The van der Waals surface area contributed by atoms with Crippen molar-refractivity contribution in [3.8, 4) is 0 Å². The van der Waals surface area contributed by atoms with Crippen LogP contribution in [0.2, 0.25) is 0 Å². The fraction of sp³-hybridized carbons (Fsp3) is 0.263. The molecule has 0 saturated heterocycles. The molecule has 0 fully saturated rings. The van der Waals surface area contributed by atoms with Gasteiger partial charge >= 0.3 is 0 Å². The Kier molecular flexibility index (Phi) is 5.20. The maximum atomic E-state index is 13.3. The summed E-state index contributed by atoms with van der Waals surface area (Å²) in [4.78, 5) is 28.6. The first-order chi connectivity index (χ1) is 12.4. The number of nitrogens with zero attached hydrogens (tertiary/aromatic N) is 1. The maximum Gasteiger partial charge on any atom is 0.290 e. The molecule has 26 heavy (non-hydrogen) atoms. The number of thiophene rings is 1. The second-order valence-corrected chi connectivity index (χ2v) is 7.43. The van der Waals surface area contributed by atoms with Crippen LogP contribution in [0.25, 0.3) is 0 Å². The predicted molar refractivity (Wildman–Crippen MR) is 96.8 cm³/mol. The molecule has 1 aliphatic rings. The fourth-order valence-electron chi connectivity index (χ4n) is 2.99. The van der Waals surface area contributed by atoms with Crippen molar-refractivity contribution >= 4 is 23.0 Å². The van der Waals surface area contributed by atoms with Crippen LogP contribution in [0.5, 0.6) is 0 Å². The number of Topliss-reactive ketones (excluding diaryl/α,β-unsaturated/α-hetero) is 1. The van der Waals surface area contributed by atoms with Crippen LogP contribution in [0.15, 0.2) is 53.1 Å². The Morgan fingerprint density at radius 1 is 1.27 bits per heavy atom. The van der Waals surface area contributed by atoms with Crippen LogP contribution in [0.1, 0.15) is 21.3 Å². The summed E-state index contributed by atoms with van der Waals surface area (Å²) in [5.41, 5.74) is 0.648. The lowest BCUT2D eigenvalue weighted by atomic mass is 9.95. The highest BCUT2D eigenvalue weighted by Crippen LogP contribution is 2.39. The SMILES string of the molecule is C[NH+](C)CCN1C(=O)C(O)=C(C(=O)c2cccs2)[C@@H]1c1ccc(F)cc1. The van der Waals surface area contributed by atoms with Crippen molar-refractivity contribution in [2.75, 3.05) is 27.2 Å². The lowest BCUT2D eigenvalue weighted by Gasteiger charge is -2.27. The minimum atomic E-state index is -0.725. The second kappa shape index (κ2) is 7.39. The van der Waals surface area contributed by atoms with Crippen LogP contribution in [0.3, 0.4) is 0 Å². The molecule has 0 aliphatic carbocycles. The molecule has 5 nitrogen and oxygen atoms in total. The molecule has 1 aliphatic heterocycles. The second-order valence-electron chi connectivity index (χ2n) is 6.48. The molecule has 0 saturated carbocycles. The number of halogens is 1. The van der Waals surface area contributed by atoms with Crippen LogP contribution in [-0.4, -0.2) is 48.9 Å². The number of likely N-dealkylation sites (N-methyl/N-ethyl adjacent to an activating group) is 1. The first-order valence-corrected chi connectivity index (χ1v) is 9.15. The van der Waals surface area contributed by atoms with Gasteiger partial charge in [-0.3, -0.25) is 9.59 Å². The van der Waals surface area contributed by atoms with E-state index in [0.29, 0.717) is 23.5 Å². The van der Waals surface area contributed by atoms with E-state index in [-0.39, 0.29) is 11.4 Å². The average molecular weight is 375 g/mol. The van der Waals surface area contributed by atoms with Gasteiger partial charge < -0.3 is 14.9 Å². The number of hydrogen-bond acceptors (Lipinski definition) is 4. The van der Waals surface area contributed by atoms with E-state index in [1.807, 2.05) is 14.1 Å². The number of aliphatic hydroxyl groups excluding tert-OH is 1. The largest absolute Gasteiger partial charge is 0.503 e. The number of hydrogen-bond donors (Lipinski definition) is 2. The standard InChI is InChI=1S/C19H19FN2O3S/c1-21(2)9-10-22-16(12-5-7-13(20)8-6-12)15(18(24)19(22)25)17(23)14-4-3-11-26-14/h3-8,11,16,24H,9-10H2,1-2H3/p+1/t16-/m0/s1. The smallest absolute Gasteiger partial charge is 0.290 e. The highest BCUT2D eigenvalue weighted by molar-refractivity contribution is 7.12. The summed E-state index contributed by atoms with van der Waals surface area (Å²) < 4.78 is 13.3. The number of carbonyl (C=O) groups excluding carboxylic acids is 2. The zero-order valence-electron chi connectivity index (χ0n) is 14.5. The van der Waals surface area contributed by atoms with Gasteiger partial charge in [0.2, 0.25) is 5.78 Å². The van der Waals surface area contributed by atoms with Crippen LogP contribution in [-0.2, 0) is 4.79 Å². The number of ketones is 1. The van der Waals surface area contributed by atoms with Gasteiger partial charge in [0, 0.05) is 0 Å². The van der Waals surface area contributed by atoms with Crippen molar-refractivity contribution in [1.29, 1.82) is 0 Å². The van der Waals surface area contributed by atoms with E-state index in [1.165, 1.54) is 28.4 Å². The average Bonchev–Trinajstić information content (AvgIpc) is 3.22. The first-order valence-electron chi connectivity index (χ1n) is 8.27. The molecule has 1 amide bonds. The quantitative estimate of drug-likeness (QED) is 0.754. The number of rotatable bonds is 6. The molecule has 7 heteroatoms. The molecule has 1 atom stereocenters. The van der Waals surface area contributed by atoms with Gasteiger partial charge in [0.05, 0.1) is 43.7 Å². The minimum Gasteiger partial charge on any atom is -0.503 e. The van der Waals surface area contributed by atoms with Gasteiger partial charge in [-0.1, -0.05) is 18.2 Å². The third-order valence-electron chi connectivity index (χ3n) is 4.33. The van der Waals surface area contributed by atoms with Crippen molar-refractivity contribution in [3.05, 3.63) is 69.4 Å². The number of nitrogens with one attached hydrogen (secondary N) is 1. The minimum absolute atomic E-state index is 0.0535.